The fourth-order valence-corrected chi connectivity index (χ4v) is 3.28. The van der Waals surface area contributed by atoms with Crippen molar-refractivity contribution in [2.24, 2.45) is 5.92 Å². The summed E-state index contributed by atoms with van der Waals surface area (Å²) in [4.78, 5) is 25.7. The second-order valence-electron chi connectivity index (χ2n) is 6.58. The zero-order valence-electron chi connectivity index (χ0n) is 15.1. The van der Waals surface area contributed by atoms with Crippen molar-refractivity contribution in [3.8, 4) is 0 Å². The van der Waals surface area contributed by atoms with Crippen molar-refractivity contribution in [2.45, 2.75) is 19.3 Å². The molecule has 3 aromatic rings. The van der Waals surface area contributed by atoms with Crippen molar-refractivity contribution in [1.29, 1.82) is 0 Å². The van der Waals surface area contributed by atoms with Gasteiger partial charge in [0.05, 0.1) is 0 Å². The lowest BCUT2D eigenvalue weighted by Crippen LogP contribution is -2.35. The minimum absolute atomic E-state index is 0.0136. The maximum Gasteiger partial charge on any atom is 0.259 e. The first-order valence-corrected chi connectivity index (χ1v) is 8.93. The molecule has 0 radical (unpaired) electrons. The van der Waals surface area contributed by atoms with Gasteiger partial charge in [-0.2, -0.15) is 4.73 Å². The maximum absolute atomic E-state index is 13.0. The number of rotatable bonds is 7. The summed E-state index contributed by atoms with van der Waals surface area (Å²) in [6, 6.07) is 23.4. The van der Waals surface area contributed by atoms with Gasteiger partial charge in [0.2, 0.25) is 5.78 Å². The highest BCUT2D eigenvalue weighted by Crippen LogP contribution is 2.31. The van der Waals surface area contributed by atoms with Crippen LogP contribution < -0.4 is 4.73 Å². The fraction of sp³-hybridized carbons (Fsp3) is 0.174. The lowest BCUT2D eigenvalue weighted by molar-refractivity contribution is -0.607. The molecule has 1 aromatic heterocycles. The fourth-order valence-electron chi connectivity index (χ4n) is 3.28. The summed E-state index contributed by atoms with van der Waals surface area (Å²) in [7, 11) is 0. The number of carbonyl (C=O) groups is 2. The molecule has 2 atom stereocenters. The number of ketones is 2. The van der Waals surface area contributed by atoms with Crippen molar-refractivity contribution >= 4 is 11.6 Å². The van der Waals surface area contributed by atoms with Crippen molar-refractivity contribution in [2.75, 3.05) is 0 Å². The highest BCUT2D eigenvalue weighted by atomic mass is 16.5. The SMILES string of the molecule is CC(C(=O)c1ccccc1)[C@H](CC(=O)c1cccc[n+]1[O-])c1ccccc1. The van der Waals surface area contributed by atoms with Crippen LogP contribution in [0.4, 0.5) is 0 Å². The van der Waals surface area contributed by atoms with E-state index >= 15 is 0 Å². The number of hydrogen-bond acceptors (Lipinski definition) is 3. The Hall–Kier alpha value is -3.27. The molecule has 3 rings (SSSR count). The zero-order valence-corrected chi connectivity index (χ0v) is 15.1. The van der Waals surface area contributed by atoms with E-state index in [9.17, 15) is 14.8 Å². The molecular weight excluding hydrogens is 338 g/mol. The standard InChI is InChI=1S/C23H21NO3/c1-17(23(26)19-12-6-3-7-13-19)20(18-10-4-2-5-11-18)16-22(25)21-14-8-9-15-24(21)27/h2-15,17,20H,16H2,1H3/t17?,20-/m0/s1. The smallest absolute Gasteiger partial charge is 0.259 e. The van der Waals surface area contributed by atoms with Crippen molar-refractivity contribution < 1.29 is 14.3 Å². The van der Waals surface area contributed by atoms with E-state index in [-0.39, 0.29) is 29.6 Å². The third-order valence-corrected chi connectivity index (χ3v) is 4.82. The molecule has 0 saturated carbocycles. The summed E-state index contributed by atoms with van der Waals surface area (Å²) in [5, 5.41) is 11.9. The lowest BCUT2D eigenvalue weighted by atomic mass is 9.79. The molecular formula is C23H21NO3. The lowest BCUT2D eigenvalue weighted by Gasteiger charge is -2.23. The number of Topliss-reactive ketones (excluding diaryl/α,β-unsaturated/α-hetero) is 2. The largest absolute Gasteiger partial charge is 0.618 e. The van der Waals surface area contributed by atoms with E-state index in [1.165, 1.54) is 12.3 Å². The molecule has 1 unspecified atom stereocenters. The Morgan fingerprint density at radius 2 is 1.48 bits per heavy atom. The van der Waals surface area contributed by atoms with Crippen LogP contribution in [0.25, 0.3) is 0 Å². The third-order valence-electron chi connectivity index (χ3n) is 4.82. The van der Waals surface area contributed by atoms with Crippen LogP contribution in [-0.2, 0) is 0 Å². The number of carbonyl (C=O) groups excluding carboxylic acids is 2. The summed E-state index contributed by atoms with van der Waals surface area (Å²) in [6.45, 7) is 1.84. The molecule has 4 heteroatoms. The molecule has 136 valence electrons. The molecule has 0 saturated heterocycles. The summed E-state index contributed by atoms with van der Waals surface area (Å²) >= 11 is 0. The molecule has 0 aliphatic heterocycles. The van der Waals surface area contributed by atoms with E-state index in [1.807, 2.05) is 55.5 Å². The van der Waals surface area contributed by atoms with Crippen LogP contribution >= 0.6 is 0 Å². The maximum atomic E-state index is 13.0. The van der Waals surface area contributed by atoms with Crippen LogP contribution in [0.2, 0.25) is 0 Å². The van der Waals surface area contributed by atoms with Crippen molar-refractivity contribution in [1.82, 2.24) is 0 Å². The predicted octanol–water partition coefficient (Wildman–Crippen LogP) is 4.20. The minimum atomic E-state index is -0.400. The van der Waals surface area contributed by atoms with Crippen LogP contribution in [0.3, 0.4) is 0 Å². The minimum Gasteiger partial charge on any atom is -0.618 e. The zero-order chi connectivity index (χ0) is 19.2. The van der Waals surface area contributed by atoms with Gasteiger partial charge in [0.15, 0.2) is 12.0 Å². The molecule has 0 aliphatic rings. The van der Waals surface area contributed by atoms with Gasteiger partial charge in [-0.1, -0.05) is 67.6 Å². The molecule has 0 aliphatic carbocycles. The summed E-state index contributed by atoms with van der Waals surface area (Å²) in [6.07, 6.45) is 1.40. The molecule has 4 nitrogen and oxygen atoms in total. The van der Waals surface area contributed by atoms with Crippen LogP contribution in [-0.4, -0.2) is 11.6 Å². The van der Waals surface area contributed by atoms with Crippen LogP contribution in [0, 0.1) is 11.1 Å². The first kappa shape index (κ1) is 18.5. The van der Waals surface area contributed by atoms with Crippen molar-refractivity contribution in [3.63, 3.8) is 0 Å². The predicted molar refractivity (Wildman–Crippen MR) is 103 cm³/mol. The molecule has 1 heterocycles. The van der Waals surface area contributed by atoms with Gasteiger partial charge in [-0.15, -0.1) is 0 Å². The normalized spacial score (nSPS) is 12.9. The molecule has 0 fully saturated rings. The molecule has 27 heavy (non-hydrogen) atoms. The van der Waals surface area contributed by atoms with Gasteiger partial charge < -0.3 is 5.21 Å². The van der Waals surface area contributed by atoms with Crippen LogP contribution in [0.15, 0.2) is 85.1 Å². The Kier molecular flexibility index (Phi) is 5.77. The van der Waals surface area contributed by atoms with E-state index in [0.29, 0.717) is 10.3 Å². The topological polar surface area (TPSA) is 61.1 Å². The second-order valence-corrected chi connectivity index (χ2v) is 6.58. The van der Waals surface area contributed by atoms with Gasteiger partial charge >= 0.3 is 0 Å². The summed E-state index contributed by atoms with van der Waals surface area (Å²) < 4.78 is 0.577. The Morgan fingerprint density at radius 3 is 2.11 bits per heavy atom. The average molecular weight is 359 g/mol. The molecule has 0 N–H and O–H groups in total. The number of benzene rings is 2. The highest BCUT2D eigenvalue weighted by Gasteiger charge is 2.30. The van der Waals surface area contributed by atoms with E-state index in [2.05, 4.69) is 0 Å². The number of hydrogen-bond donors (Lipinski definition) is 0. The Labute approximate surface area is 158 Å². The van der Waals surface area contributed by atoms with E-state index in [4.69, 9.17) is 0 Å². The molecule has 2 aromatic carbocycles. The van der Waals surface area contributed by atoms with Gasteiger partial charge in [0, 0.05) is 36.0 Å². The Bertz CT molecular complexity index is 923. The van der Waals surface area contributed by atoms with Crippen LogP contribution in [0.5, 0.6) is 0 Å². The van der Waals surface area contributed by atoms with E-state index in [1.54, 1.807) is 24.3 Å². The highest BCUT2D eigenvalue weighted by molar-refractivity contribution is 5.99. The first-order valence-electron chi connectivity index (χ1n) is 8.93. The first-order chi connectivity index (χ1) is 13.1. The summed E-state index contributed by atoms with van der Waals surface area (Å²) in [5.41, 5.74) is 1.63. The Morgan fingerprint density at radius 1 is 0.889 bits per heavy atom. The summed E-state index contributed by atoms with van der Waals surface area (Å²) in [5.74, 6) is -0.998. The van der Waals surface area contributed by atoms with Crippen molar-refractivity contribution in [3.05, 3.63) is 107 Å². The quantitative estimate of drug-likeness (QED) is 0.361. The second kappa shape index (κ2) is 8.41. The van der Waals surface area contributed by atoms with Gasteiger partial charge in [-0.3, -0.25) is 9.59 Å². The van der Waals surface area contributed by atoms with E-state index in [0.717, 1.165) is 5.56 Å². The van der Waals surface area contributed by atoms with Gasteiger partial charge in [0.25, 0.3) is 5.69 Å². The number of aromatic nitrogens is 1. The molecule has 0 amide bonds. The van der Waals surface area contributed by atoms with Gasteiger partial charge in [-0.05, 0) is 11.6 Å². The Balaban J connectivity index is 1.91. The average Bonchev–Trinajstić information content (AvgIpc) is 2.72. The van der Waals surface area contributed by atoms with E-state index < -0.39 is 5.92 Å². The molecule has 0 bridgehead atoms. The molecule has 0 spiro atoms. The monoisotopic (exact) mass is 359 g/mol. The van der Waals surface area contributed by atoms with Gasteiger partial charge in [-0.25, -0.2) is 0 Å². The number of pyridine rings is 1. The third kappa shape index (κ3) is 4.29. The van der Waals surface area contributed by atoms with Crippen LogP contribution in [0.1, 0.15) is 45.7 Å². The van der Waals surface area contributed by atoms with Gasteiger partial charge in [0.1, 0.15) is 0 Å². The number of nitrogens with zero attached hydrogens (tertiary/aromatic N) is 1.